The van der Waals surface area contributed by atoms with Crippen LogP contribution in [0.1, 0.15) is 37.4 Å². The number of carbonyl (C=O) groups is 1. The van der Waals surface area contributed by atoms with Gasteiger partial charge in [0.15, 0.2) is 0 Å². The van der Waals surface area contributed by atoms with Gasteiger partial charge in [-0.1, -0.05) is 55.5 Å². The summed E-state index contributed by atoms with van der Waals surface area (Å²) in [6.45, 7) is 4.01. The van der Waals surface area contributed by atoms with E-state index in [-0.39, 0.29) is 11.9 Å². The molecular weight excluding hydrogens is 334 g/mol. The van der Waals surface area contributed by atoms with E-state index in [9.17, 15) is 4.79 Å². The molecule has 3 aromatic carbocycles. The second-order valence-electron chi connectivity index (χ2n) is 6.60. The van der Waals surface area contributed by atoms with E-state index in [1.807, 2.05) is 56.3 Å². The number of ether oxygens (including phenoxy) is 1. The minimum atomic E-state index is -0.0621. The Morgan fingerprint density at radius 1 is 1.04 bits per heavy atom. The molecule has 0 fully saturated rings. The van der Waals surface area contributed by atoms with Crippen LogP contribution in [-0.2, 0) is 4.79 Å². The Hall–Kier alpha value is -3.07. The van der Waals surface area contributed by atoms with Gasteiger partial charge in [0, 0.05) is 5.57 Å². The van der Waals surface area contributed by atoms with Crippen LogP contribution >= 0.6 is 0 Å². The summed E-state index contributed by atoms with van der Waals surface area (Å²) in [5.41, 5.74) is 2.84. The summed E-state index contributed by atoms with van der Waals surface area (Å²) in [7, 11) is 1.64. The van der Waals surface area contributed by atoms with E-state index in [0.717, 1.165) is 22.4 Å². The van der Waals surface area contributed by atoms with Crippen molar-refractivity contribution in [3.63, 3.8) is 0 Å². The van der Waals surface area contributed by atoms with Crippen LogP contribution in [0.25, 0.3) is 16.8 Å². The van der Waals surface area contributed by atoms with Crippen LogP contribution in [0, 0.1) is 0 Å². The summed E-state index contributed by atoms with van der Waals surface area (Å²) >= 11 is 0. The summed E-state index contributed by atoms with van der Waals surface area (Å²) in [5, 5.41) is 5.51. The number of hydrogen-bond donors (Lipinski definition) is 1. The summed E-state index contributed by atoms with van der Waals surface area (Å²) in [6.07, 6.45) is 2.60. The molecule has 27 heavy (non-hydrogen) atoms. The Morgan fingerprint density at radius 3 is 2.41 bits per heavy atom. The molecule has 1 amide bonds. The van der Waals surface area contributed by atoms with Crippen molar-refractivity contribution in [1.29, 1.82) is 0 Å². The highest BCUT2D eigenvalue weighted by Gasteiger charge is 2.13. The molecule has 0 aliphatic rings. The van der Waals surface area contributed by atoms with E-state index < -0.39 is 0 Å². The summed E-state index contributed by atoms with van der Waals surface area (Å²) in [4.78, 5) is 12.7. The first-order valence-electron chi connectivity index (χ1n) is 9.25. The number of hydrogen-bond acceptors (Lipinski definition) is 2. The lowest BCUT2D eigenvalue weighted by Crippen LogP contribution is -2.27. The third-order valence-electron chi connectivity index (χ3n) is 4.75. The third kappa shape index (κ3) is 4.56. The lowest BCUT2D eigenvalue weighted by Gasteiger charge is -2.16. The number of methoxy groups -OCH3 is 1. The van der Waals surface area contributed by atoms with Gasteiger partial charge in [-0.05, 0) is 59.5 Å². The number of fused-ring (bicyclic) bond motifs is 1. The monoisotopic (exact) mass is 359 g/mol. The van der Waals surface area contributed by atoms with Crippen LogP contribution in [0.2, 0.25) is 0 Å². The topological polar surface area (TPSA) is 38.3 Å². The molecule has 0 aliphatic carbocycles. The molecule has 3 nitrogen and oxygen atoms in total. The molecule has 0 saturated carbocycles. The molecule has 0 bridgehead atoms. The smallest absolute Gasteiger partial charge is 0.247 e. The first-order chi connectivity index (χ1) is 13.1. The third-order valence-corrected chi connectivity index (χ3v) is 4.75. The van der Waals surface area contributed by atoms with Crippen molar-refractivity contribution < 1.29 is 9.53 Å². The molecule has 3 rings (SSSR count). The molecule has 0 aliphatic heterocycles. The zero-order valence-corrected chi connectivity index (χ0v) is 16.0. The van der Waals surface area contributed by atoms with Crippen LogP contribution < -0.4 is 10.1 Å². The lowest BCUT2D eigenvalue weighted by molar-refractivity contribution is -0.118. The van der Waals surface area contributed by atoms with Gasteiger partial charge in [-0.3, -0.25) is 4.79 Å². The van der Waals surface area contributed by atoms with Gasteiger partial charge >= 0.3 is 0 Å². The number of amides is 1. The molecule has 0 saturated heterocycles. The number of rotatable bonds is 6. The molecule has 3 heteroatoms. The average molecular weight is 359 g/mol. The Morgan fingerprint density at radius 2 is 1.74 bits per heavy atom. The maximum atomic E-state index is 12.7. The maximum absolute atomic E-state index is 12.7. The fraction of sp³-hybridized carbons (Fsp3) is 0.208. The standard InChI is InChI=1S/C24H25NO2/c1-4-19(15-18-9-13-23(27-3)14-10-18)24(26)25-17(2)21-12-11-20-7-5-6-8-22(20)16-21/h5-17H,4H2,1-3H3,(H,25,26)/t17-/m0/s1. The average Bonchev–Trinajstić information content (AvgIpc) is 2.71. The predicted octanol–water partition coefficient (Wildman–Crippen LogP) is 5.52. The van der Waals surface area contributed by atoms with Crippen molar-refractivity contribution >= 4 is 22.8 Å². The van der Waals surface area contributed by atoms with Crippen molar-refractivity contribution in [2.24, 2.45) is 0 Å². The minimum absolute atomic E-state index is 0.0334. The SMILES string of the molecule is CCC(=Cc1ccc(OC)cc1)C(=O)N[C@@H](C)c1ccc2ccccc2c1. The summed E-state index contributed by atoms with van der Waals surface area (Å²) in [6, 6.07) is 22.2. The Bertz CT molecular complexity index is 958. The lowest BCUT2D eigenvalue weighted by atomic mass is 10.0. The number of benzene rings is 3. The van der Waals surface area contributed by atoms with Gasteiger partial charge in [0.1, 0.15) is 5.75 Å². The van der Waals surface area contributed by atoms with Gasteiger partial charge in [0.05, 0.1) is 13.2 Å². The van der Waals surface area contributed by atoms with E-state index in [1.165, 1.54) is 10.8 Å². The van der Waals surface area contributed by atoms with Crippen molar-refractivity contribution in [2.45, 2.75) is 26.3 Å². The Kier molecular flexibility index (Phi) is 5.92. The van der Waals surface area contributed by atoms with Gasteiger partial charge in [0.2, 0.25) is 5.91 Å². The number of nitrogens with one attached hydrogen (secondary N) is 1. The predicted molar refractivity (Wildman–Crippen MR) is 112 cm³/mol. The summed E-state index contributed by atoms with van der Waals surface area (Å²) in [5.74, 6) is 0.772. The fourth-order valence-corrected chi connectivity index (χ4v) is 3.08. The second-order valence-corrected chi connectivity index (χ2v) is 6.60. The van der Waals surface area contributed by atoms with Crippen LogP contribution in [0.3, 0.4) is 0 Å². The van der Waals surface area contributed by atoms with E-state index in [4.69, 9.17) is 4.74 Å². The van der Waals surface area contributed by atoms with Crippen molar-refractivity contribution in [3.8, 4) is 5.75 Å². The molecule has 0 heterocycles. The first-order valence-corrected chi connectivity index (χ1v) is 9.25. The van der Waals surface area contributed by atoms with Gasteiger partial charge in [-0.25, -0.2) is 0 Å². The molecule has 1 atom stereocenters. The van der Waals surface area contributed by atoms with E-state index in [2.05, 4.69) is 35.6 Å². The molecule has 1 N–H and O–H groups in total. The van der Waals surface area contributed by atoms with Crippen molar-refractivity contribution in [3.05, 3.63) is 83.4 Å². The van der Waals surface area contributed by atoms with E-state index in [0.29, 0.717) is 6.42 Å². The van der Waals surface area contributed by atoms with Crippen LogP contribution in [-0.4, -0.2) is 13.0 Å². The fourth-order valence-electron chi connectivity index (χ4n) is 3.08. The molecule has 138 valence electrons. The molecule has 0 radical (unpaired) electrons. The number of carbonyl (C=O) groups excluding carboxylic acids is 1. The highest BCUT2D eigenvalue weighted by Crippen LogP contribution is 2.21. The van der Waals surface area contributed by atoms with Crippen LogP contribution in [0.15, 0.2) is 72.3 Å². The Labute approximate surface area is 160 Å². The summed E-state index contributed by atoms with van der Waals surface area (Å²) < 4.78 is 5.18. The molecule has 0 unspecified atom stereocenters. The second kappa shape index (κ2) is 8.54. The van der Waals surface area contributed by atoms with Gasteiger partial charge in [-0.15, -0.1) is 0 Å². The van der Waals surface area contributed by atoms with E-state index >= 15 is 0 Å². The van der Waals surface area contributed by atoms with Crippen LogP contribution in [0.5, 0.6) is 5.75 Å². The van der Waals surface area contributed by atoms with Crippen LogP contribution in [0.4, 0.5) is 0 Å². The minimum Gasteiger partial charge on any atom is -0.497 e. The largest absolute Gasteiger partial charge is 0.497 e. The van der Waals surface area contributed by atoms with Gasteiger partial charge < -0.3 is 10.1 Å². The van der Waals surface area contributed by atoms with Crippen molar-refractivity contribution in [1.82, 2.24) is 5.32 Å². The highest BCUT2D eigenvalue weighted by atomic mass is 16.5. The molecule has 0 spiro atoms. The molecule has 0 aromatic heterocycles. The van der Waals surface area contributed by atoms with E-state index in [1.54, 1.807) is 7.11 Å². The van der Waals surface area contributed by atoms with Gasteiger partial charge in [-0.2, -0.15) is 0 Å². The van der Waals surface area contributed by atoms with Gasteiger partial charge in [0.25, 0.3) is 0 Å². The molecular formula is C24H25NO2. The maximum Gasteiger partial charge on any atom is 0.247 e. The quantitative estimate of drug-likeness (QED) is 0.589. The van der Waals surface area contributed by atoms with Crippen molar-refractivity contribution in [2.75, 3.05) is 7.11 Å². The Balaban J connectivity index is 1.75. The first kappa shape index (κ1) is 18.7. The molecule has 3 aromatic rings. The zero-order chi connectivity index (χ0) is 19.2. The normalized spacial score (nSPS) is 12.6. The zero-order valence-electron chi connectivity index (χ0n) is 16.0. The highest BCUT2D eigenvalue weighted by molar-refractivity contribution is 5.98.